The van der Waals surface area contributed by atoms with Gasteiger partial charge in [-0.05, 0) is 19.9 Å². The number of rotatable bonds is 6. The van der Waals surface area contributed by atoms with Crippen molar-refractivity contribution in [1.29, 1.82) is 0 Å². The minimum Gasteiger partial charge on any atom is -0.481 e. The number of pyridine rings is 1. The molecule has 0 radical (unpaired) electrons. The fourth-order valence-corrected chi connectivity index (χ4v) is 1.34. The zero-order chi connectivity index (χ0) is 13.5. The number of carbonyl (C=O) groups is 2. The van der Waals surface area contributed by atoms with E-state index >= 15 is 0 Å². The number of anilines is 1. The minimum atomic E-state index is -0.880. The van der Waals surface area contributed by atoms with Crippen LogP contribution in [0.3, 0.4) is 0 Å². The molecular formula is C12H16N2O4. The number of nitrogens with one attached hydrogen (secondary N) is 1. The van der Waals surface area contributed by atoms with Gasteiger partial charge in [-0.1, -0.05) is 0 Å². The molecule has 1 heterocycles. The van der Waals surface area contributed by atoms with Crippen LogP contribution in [0.25, 0.3) is 0 Å². The largest absolute Gasteiger partial charge is 0.481 e. The van der Waals surface area contributed by atoms with Gasteiger partial charge in [0.25, 0.3) is 0 Å². The fraction of sp³-hybridized carbons (Fsp3) is 0.417. The van der Waals surface area contributed by atoms with Gasteiger partial charge in [0.15, 0.2) is 0 Å². The minimum absolute atomic E-state index is 0.00305. The zero-order valence-corrected chi connectivity index (χ0v) is 10.4. The molecule has 1 aromatic heterocycles. The molecule has 1 rings (SSSR count). The van der Waals surface area contributed by atoms with Gasteiger partial charge < -0.3 is 15.2 Å². The number of ether oxygens (including phenoxy) is 1. The molecule has 0 unspecified atom stereocenters. The highest BCUT2D eigenvalue weighted by atomic mass is 16.5. The fourth-order valence-electron chi connectivity index (χ4n) is 1.34. The van der Waals surface area contributed by atoms with Crippen molar-refractivity contribution in [3.05, 3.63) is 23.5 Å². The van der Waals surface area contributed by atoms with Gasteiger partial charge in [0, 0.05) is 12.7 Å². The normalized spacial score (nSPS) is 9.89. The molecule has 0 aliphatic rings. The van der Waals surface area contributed by atoms with Gasteiger partial charge >= 0.3 is 11.9 Å². The number of carbonyl (C=O) groups excluding carboxylic acids is 1. The van der Waals surface area contributed by atoms with Gasteiger partial charge in [-0.2, -0.15) is 0 Å². The summed E-state index contributed by atoms with van der Waals surface area (Å²) in [7, 11) is 0. The summed E-state index contributed by atoms with van der Waals surface area (Å²) in [6.45, 7) is 4.09. The predicted octanol–water partition coefficient (Wildman–Crippen LogP) is 1.45. The van der Waals surface area contributed by atoms with E-state index in [1.165, 1.54) is 6.20 Å². The van der Waals surface area contributed by atoms with Crippen LogP contribution in [0.15, 0.2) is 12.3 Å². The highest BCUT2D eigenvalue weighted by molar-refractivity contribution is 5.90. The van der Waals surface area contributed by atoms with Gasteiger partial charge in [0.2, 0.25) is 0 Å². The van der Waals surface area contributed by atoms with E-state index < -0.39 is 11.9 Å². The van der Waals surface area contributed by atoms with Crippen LogP contribution in [0.5, 0.6) is 0 Å². The lowest BCUT2D eigenvalue weighted by molar-refractivity contribution is -0.136. The number of esters is 1. The molecule has 0 aliphatic carbocycles. The monoisotopic (exact) mass is 252 g/mol. The first kappa shape index (κ1) is 14.0. The second-order valence-corrected chi connectivity index (χ2v) is 3.65. The average Bonchev–Trinajstić information content (AvgIpc) is 2.31. The Balaban J connectivity index is 2.74. The van der Waals surface area contributed by atoms with Gasteiger partial charge in [-0.15, -0.1) is 0 Å². The van der Waals surface area contributed by atoms with E-state index in [1.54, 1.807) is 19.9 Å². The van der Waals surface area contributed by atoms with Crippen molar-refractivity contribution >= 4 is 17.6 Å². The van der Waals surface area contributed by atoms with Crippen molar-refractivity contribution in [2.45, 2.75) is 20.3 Å². The number of aryl methyl sites for hydroxylation is 1. The SMILES string of the molecule is CCOC(=O)c1cnc(C)c(NCCC(=O)O)c1. The van der Waals surface area contributed by atoms with Crippen molar-refractivity contribution in [2.75, 3.05) is 18.5 Å². The Kier molecular flexibility index (Phi) is 5.10. The molecule has 1 aromatic rings. The third-order valence-corrected chi connectivity index (χ3v) is 2.25. The summed E-state index contributed by atoms with van der Waals surface area (Å²) in [4.78, 5) is 26.0. The predicted molar refractivity (Wildman–Crippen MR) is 65.7 cm³/mol. The summed E-state index contributed by atoms with van der Waals surface area (Å²) >= 11 is 0. The molecule has 0 bridgehead atoms. The zero-order valence-electron chi connectivity index (χ0n) is 10.4. The highest BCUT2D eigenvalue weighted by Gasteiger charge is 2.09. The molecule has 6 nitrogen and oxygen atoms in total. The molecule has 6 heteroatoms. The second-order valence-electron chi connectivity index (χ2n) is 3.65. The van der Waals surface area contributed by atoms with Gasteiger partial charge in [0.05, 0.1) is 30.0 Å². The third-order valence-electron chi connectivity index (χ3n) is 2.25. The van der Waals surface area contributed by atoms with Crippen molar-refractivity contribution in [3.8, 4) is 0 Å². The van der Waals surface area contributed by atoms with E-state index in [1.807, 2.05) is 0 Å². The molecule has 0 amide bonds. The first-order valence-electron chi connectivity index (χ1n) is 5.64. The van der Waals surface area contributed by atoms with Crippen LogP contribution in [0.1, 0.15) is 29.4 Å². The summed E-state index contributed by atoms with van der Waals surface area (Å²) in [5.41, 5.74) is 1.69. The third kappa shape index (κ3) is 4.04. The van der Waals surface area contributed by atoms with Crippen molar-refractivity contribution < 1.29 is 19.4 Å². The van der Waals surface area contributed by atoms with Gasteiger partial charge in [0.1, 0.15) is 0 Å². The van der Waals surface area contributed by atoms with E-state index in [2.05, 4.69) is 10.3 Å². The van der Waals surface area contributed by atoms with Crippen LogP contribution in [0, 0.1) is 6.92 Å². The number of carboxylic acids is 1. The summed E-state index contributed by atoms with van der Waals surface area (Å²) in [5.74, 6) is -1.32. The van der Waals surface area contributed by atoms with E-state index in [9.17, 15) is 9.59 Å². The molecule has 0 fully saturated rings. The molecule has 0 aliphatic heterocycles. The smallest absolute Gasteiger partial charge is 0.339 e. The van der Waals surface area contributed by atoms with Crippen LogP contribution in [0.4, 0.5) is 5.69 Å². The Hall–Kier alpha value is -2.11. The highest BCUT2D eigenvalue weighted by Crippen LogP contribution is 2.14. The lowest BCUT2D eigenvalue weighted by atomic mass is 10.2. The molecule has 2 N–H and O–H groups in total. The van der Waals surface area contributed by atoms with E-state index in [0.717, 1.165) is 0 Å². The lowest BCUT2D eigenvalue weighted by Crippen LogP contribution is -2.11. The standard InChI is InChI=1S/C12H16N2O4/c1-3-18-12(17)9-6-10(8(2)14-7-9)13-5-4-11(15)16/h6-7,13H,3-5H2,1-2H3,(H,15,16). The average molecular weight is 252 g/mol. The number of hydrogen-bond acceptors (Lipinski definition) is 5. The lowest BCUT2D eigenvalue weighted by Gasteiger charge is -2.09. The van der Waals surface area contributed by atoms with Crippen LogP contribution < -0.4 is 5.32 Å². The Morgan fingerprint density at radius 2 is 2.22 bits per heavy atom. The maximum atomic E-state index is 11.5. The first-order valence-corrected chi connectivity index (χ1v) is 5.64. The van der Waals surface area contributed by atoms with Crippen LogP contribution in [-0.2, 0) is 9.53 Å². The summed E-state index contributed by atoms with van der Waals surface area (Å²) in [5, 5.41) is 11.5. The molecular weight excluding hydrogens is 236 g/mol. The quantitative estimate of drug-likeness (QED) is 0.745. The summed E-state index contributed by atoms with van der Waals surface area (Å²) in [6.07, 6.45) is 1.44. The topological polar surface area (TPSA) is 88.5 Å². The Morgan fingerprint density at radius 3 is 2.83 bits per heavy atom. The summed E-state index contributed by atoms with van der Waals surface area (Å²) in [6, 6.07) is 1.61. The van der Waals surface area contributed by atoms with E-state index in [-0.39, 0.29) is 13.0 Å². The Labute approximate surface area is 105 Å². The van der Waals surface area contributed by atoms with Gasteiger partial charge in [-0.25, -0.2) is 4.79 Å². The number of aromatic nitrogens is 1. The molecule has 0 aromatic carbocycles. The molecule has 0 spiro atoms. The number of carboxylic acid groups (broad SMARTS) is 1. The first-order chi connectivity index (χ1) is 8.54. The number of aliphatic carboxylic acids is 1. The van der Waals surface area contributed by atoms with Crippen molar-refractivity contribution in [2.24, 2.45) is 0 Å². The molecule has 98 valence electrons. The number of hydrogen-bond donors (Lipinski definition) is 2. The second kappa shape index (κ2) is 6.58. The van der Waals surface area contributed by atoms with Crippen molar-refractivity contribution in [3.63, 3.8) is 0 Å². The molecule has 0 saturated carbocycles. The Morgan fingerprint density at radius 1 is 1.50 bits per heavy atom. The maximum Gasteiger partial charge on any atom is 0.339 e. The summed E-state index contributed by atoms with van der Waals surface area (Å²) < 4.78 is 4.86. The Bertz CT molecular complexity index is 446. The number of nitrogens with zero attached hydrogens (tertiary/aromatic N) is 1. The van der Waals surface area contributed by atoms with Gasteiger partial charge in [-0.3, -0.25) is 9.78 Å². The van der Waals surface area contributed by atoms with Crippen LogP contribution in [0.2, 0.25) is 0 Å². The molecule has 0 saturated heterocycles. The van der Waals surface area contributed by atoms with Crippen molar-refractivity contribution in [1.82, 2.24) is 4.98 Å². The van der Waals surface area contributed by atoms with Crippen LogP contribution >= 0.6 is 0 Å². The maximum absolute atomic E-state index is 11.5. The van der Waals surface area contributed by atoms with Crippen LogP contribution in [-0.4, -0.2) is 35.2 Å². The van der Waals surface area contributed by atoms with E-state index in [4.69, 9.17) is 9.84 Å². The van der Waals surface area contributed by atoms with E-state index in [0.29, 0.717) is 23.6 Å². The molecule has 18 heavy (non-hydrogen) atoms. The molecule has 0 atom stereocenters.